The molecule has 236 valence electrons. The molecule has 0 saturated carbocycles. The van der Waals surface area contributed by atoms with E-state index in [4.69, 9.17) is 5.26 Å². The van der Waals surface area contributed by atoms with E-state index in [2.05, 4.69) is 12.2 Å². The quantitative estimate of drug-likeness (QED) is 0.0884. The molecule has 1 rings (SSSR count). The Labute approximate surface area is 252 Å². The maximum atomic E-state index is 13.2. The van der Waals surface area contributed by atoms with E-state index in [0.717, 1.165) is 51.0 Å². The van der Waals surface area contributed by atoms with Crippen molar-refractivity contribution in [3.63, 3.8) is 0 Å². The number of benzene rings is 1. The topological polar surface area (TPSA) is 202 Å². The number of aliphatic carboxylic acids is 3. The number of nitriles is 1. The van der Waals surface area contributed by atoms with Crippen LogP contribution in [-0.2, 0) is 30.4 Å². The van der Waals surface area contributed by atoms with Gasteiger partial charge in [-0.3, -0.25) is 14.4 Å². The lowest BCUT2D eigenvalue weighted by molar-refractivity contribution is -0.172. The highest BCUT2D eigenvalue weighted by atomic mass is 16.4. The van der Waals surface area contributed by atoms with Gasteiger partial charge < -0.3 is 25.7 Å². The van der Waals surface area contributed by atoms with E-state index in [1.54, 1.807) is 0 Å². The van der Waals surface area contributed by atoms with E-state index in [-0.39, 0.29) is 12.2 Å². The Kier molecular flexibility index (Phi) is 17.2. The molecule has 0 aliphatic heterocycles. The minimum Gasteiger partial charge on any atom is -0.481 e. The number of carbonyl (C=O) groups excluding carboxylic acids is 2. The number of nitrogens with one attached hydrogen (secondary N) is 1. The molecule has 0 aromatic heterocycles. The molecule has 1 amide bonds. The van der Waals surface area contributed by atoms with Gasteiger partial charge in [0.15, 0.2) is 5.60 Å². The van der Waals surface area contributed by atoms with Gasteiger partial charge >= 0.3 is 17.9 Å². The van der Waals surface area contributed by atoms with Crippen LogP contribution in [0.2, 0.25) is 0 Å². The Hall–Kier alpha value is -4.04. The molecular weight excluding hydrogens is 556 g/mol. The van der Waals surface area contributed by atoms with Gasteiger partial charge in [-0.1, -0.05) is 69.7 Å². The lowest BCUT2D eigenvalue weighted by Crippen LogP contribution is -2.55. The summed E-state index contributed by atoms with van der Waals surface area (Å²) >= 11 is 0. The van der Waals surface area contributed by atoms with Crippen LogP contribution in [0, 0.1) is 17.2 Å². The van der Waals surface area contributed by atoms with Crippen molar-refractivity contribution in [2.45, 2.75) is 108 Å². The first-order valence-electron chi connectivity index (χ1n) is 14.8. The molecule has 0 aliphatic rings. The minimum absolute atomic E-state index is 0.199. The summed E-state index contributed by atoms with van der Waals surface area (Å²) in [5.74, 6) is -7.80. The Bertz CT molecular complexity index is 1140. The zero-order chi connectivity index (χ0) is 32.3. The maximum Gasteiger partial charge on any atom is 0.337 e. The molecule has 1 unspecified atom stereocenters. The van der Waals surface area contributed by atoms with Crippen molar-refractivity contribution in [2.75, 3.05) is 0 Å². The van der Waals surface area contributed by atoms with Crippen LogP contribution in [0.4, 0.5) is 0 Å². The second-order valence-corrected chi connectivity index (χ2v) is 10.8. The van der Waals surface area contributed by atoms with E-state index in [0.29, 0.717) is 36.8 Å². The van der Waals surface area contributed by atoms with E-state index >= 15 is 0 Å². The van der Waals surface area contributed by atoms with Crippen LogP contribution >= 0.6 is 0 Å². The summed E-state index contributed by atoms with van der Waals surface area (Å²) in [5, 5.41) is 50.5. The van der Waals surface area contributed by atoms with Gasteiger partial charge in [0.1, 0.15) is 11.8 Å². The number of allylic oxidation sites excluding steroid dienone is 1. The molecule has 0 bridgehead atoms. The summed E-state index contributed by atoms with van der Waals surface area (Å²) in [6.45, 7) is 2.14. The first-order valence-corrected chi connectivity index (χ1v) is 14.8. The van der Waals surface area contributed by atoms with Crippen LogP contribution in [0.1, 0.15) is 102 Å². The number of hydrogen-bond donors (Lipinski definition) is 5. The second kappa shape index (κ2) is 20.0. The highest BCUT2D eigenvalue weighted by molar-refractivity contribution is 5.94. The summed E-state index contributed by atoms with van der Waals surface area (Å²) < 4.78 is 0. The molecule has 0 radical (unpaired) electrons. The van der Waals surface area contributed by atoms with Crippen molar-refractivity contribution in [1.82, 2.24) is 5.32 Å². The highest BCUT2D eigenvalue weighted by Crippen LogP contribution is 2.26. The normalized spacial score (nSPS) is 13.9. The third-order valence-corrected chi connectivity index (χ3v) is 7.19. The Morgan fingerprint density at radius 1 is 0.907 bits per heavy atom. The zero-order valence-electron chi connectivity index (χ0n) is 24.8. The number of carboxylic acids is 3. The van der Waals surface area contributed by atoms with Gasteiger partial charge in [-0.2, -0.15) is 5.26 Å². The molecule has 43 heavy (non-hydrogen) atoms. The number of carboxylic acid groups (broad SMARTS) is 3. The third kappa shape index (κ3) is 14.1. The number of carbonyl (C=O) groups is 5. The van der Waals surface area contributed by atoms with Gasteiger partial charge in [0, 0.05) is 19.3 Å². The van der Waals surface area contributed by atoms with E-state index in [1.165, 1.54) is 36.8 Å². The average Bonchev–Trinajstić information content (AvgIpc) is 2.95. The van der Waals surface area contributed by atoms with Crippen LogP contribution in [0.15, 0.2) is 36.4 Å². The Morgan fingerprint density at radius 3 is 2.00 bits per heavy atom. The Morgan fingerprint density at radius 2 is 1.49 bits per heavy atom. The lowest BCUT2D eigenvalue weighted by Gasteiger charge is -2.29. The predicted molar refractivity (Wildman–Crippen MR) is 158 cm³/mol. The molecular formula is C32H44N2O9. The molecule has 5 N–H and O–H groups in total. The predicted octanol–water partition coefficient (Wildman–Crippen LogP) is 4.40. The summed E-state index contributed by atoms with van der Waals surface area (Å²) in [6.07, 6.45) is 11.1. The number of unbranched alkanes of at least 4 members (excludes halogenated alkanes) is 8. The number of aliphatic hydroxyl groups is 1. The molecule has 1 aromatic rings. The molecule has 0 fully saturated rings. The number of amides is 1. The molecule has 0 spiro atoms. The largest absolute Gasteiger partial charge is 0.481 e. The highest BCUT2D eigenvalue weighted by Gasteiger charge is 2.49. The molecule has 1 aromatic carbocycles. The van der Waals surface area contributed by atoms with Gasteiger partial charge in [0.05, 0.1) is 24.0 Å². The standard InChI is InChI=1S/C32H44N2O9/c1-2-3-4-7-10-13-25(35)14-11-8-5-6-9-12-15-26(32(43,31(41)42)21-28(36)37)29(38)34-27(30(39)40)20-23-16-18-24(22-33)19-17-23/h12,15-19,26-27,43H,2-11,13-14,20-21H2,1H3,(H,34,38)(H,36,37)(H,39,40)(H,41,42)/b15-12+/t26-,27?,32+/m1/s1. The first kappa shape index (κ1) is 37.0. The van der Waals surface area contributed by atoms with Crippen LogP contribution in [0.5, 0.6) is 0 Å². The van der Waals surface area contributed by atoms with Crippen molar-refractivity contribution in [3.05, 3.63) is 47.5 Å². The van der Waals surface area contributed by atoms with Crippen LogP contribution in [0.25, 0.3) is 0 Å². The van der Waals surface area contributed by atoms with Gasteiger partial charge in [-0.05, 0) is 43.4 Å². The van der Waals surface area contributed by atoms with Gasteiger partial charge in [-0.15, -0.1) is 0 Å². The van der Waals surface area contributed by atoms with E-state index in [9.17, 15) is 44.4 Å². The summed E-state index contributed by atoms with van der Waals surface area (Å²) in [6, 6.07) is 6.40. The van der Waals surface area contributed by atoms with Crippen LogP contribution in [-0.4, -0.2) is 61.7 Å². The maximum absolute atomic E-state index is 13.2. The molecule has 3 atom stereocenters. The fourth-order valence-corrected chi connectivity index (χ4v) is 4.65. The first-order chi connectivity index (χ1) is 20.4. The average molecular weight is 601 g/mol. The number of Topliss-reactive ketones (excluding diaryl/α,β-unsaturated/α-hetero) is 1. The molecule has 0 heterocycles. The molecule has 11 heteroatoms. The SMILES string of the molecule is CCCCCCCC(=O)CCCCCC/C=C/[C@H](C(=O)NC(Cc1ccc(C#N)cc1)C(=O)O)[C@@](O)(CC(=O)O)C(=O)O. The van der Waals surface area contributed by atoms with E-state index in [1.807, 2.05) is 6.07 Å². The number of nitrogens with zero attached hydrogens (tertiary/aromatic N) is 1. The van der Waals surface area contributed by atoms with Gasteiger partial charge in [0.25, 0.3) is 0 Å². The summed E-state index contributed by atoms with van der Waals surface area (Å²) in [5.41, 5.74) is -2.20. The molecule has 11 nitrogen and oxygen atoms in total. The lowest BCUT2D eigenvalue weighted by atomic mass is 9.82. The fraction of sp³-hybridized carbons (Fsp3) is 0.562. The summed E-state index contributed by atoms with van der Waals surface area (Å²) in [7, 11) is 0. The van der Waals surface area contributed by atoms with Crippen molar-refractivity contribution in [3.8, 4) is 6.07 Å². The number of ketones is 1. The van der Waals surface area contributed by atoms with Crippen molar-refractivity contribution in [1.29, 1.82) is 5.26 Å². The second-order valence-electron chi connectivity index (χ2n) is 10.8. The van der Waals surface area contributed by atoms with Crippen molar-refractivity contribution in [2.24, 2.45) is 5.92 Å². The Balaban J connectivity index is 2.80. The summed E-state index contributed by atoms with van der Waals surface area (Å²) in [4.78, 5) is 60.4. The van der Waals surface area contributed by atoms with Crippen LogP contribution in [0.3, 0.4) is 0 Å². The fourth-order valence-electron chi connectivity index (χ4n) is 4.65. The number of hydrogen-bond acceptors (Lipinski definition) is 7. The van der Waals surface area contributed by atoms with Gasteiger partial charge in [0.2, 0.25) is 5.91 Å². The minimum atomic E-state index is -3.03. The molecule has 0 saturated heterocycles. The van der Waals surface area contributed by atoms with Crippen LogP contribution < -0.4 is 5.32 Å². The van der Waals surface area contributed by atoms with Crippen molar-refractivity contribution >= 4 is 29.6 Å². The number of rotatable bonds is 23. The van der Waals surface area contributed by atoms with E-state index < -0.39 is 47.8 Å². The molecule has 0 aliphatic carbocycles. The zero-order valence-corrected chi connectivity index (χ0v) is 24.8. The third-order valence-electron chi connectivity index (χ3n) is 7.19. The van der Waals surface area contributed by atoms with Gasteiger partial charge in [-0.25, -0.2) is 9.59 Å². The van der Waals surface area contributed by atoms with Crippen molar-refractivity contribution < 1.29 is 44.4 Å². The smallest absolute Gasteiger partial charge is 0.337 e. The monoisotopic (exact) mass is 600 g/mol.